The van der Waals surface area contributed by atoms with Gasteiger partial charge >= 0.3 is 6.03 Å². The van der Waals surface area contributed by atoms with Crippen molar-refractivity contribution in [1.29, 1.82) is 0 Å². The molecule has 0 bridgehead atoms. The van der Waals surface area contributed by atoms with Gasteiger partial charge in [-0.3, -0.25) is 4.79 Å². The first-order valence-electron chi connectivity index (χ1n) is 10.8. The molecule has 33 heavy (non-hydrogen) atoms. The summed E-state index contributed by atoms with van der Waals surface area (Å²) in [7, 11) is 4.56. The van der Waals surface area contributed by atoms with Crippen molar-refractivity contribution in [2.75, 3.05) is 52.9 Å². The van der Waals surface area contributed by atoms with Crippen LogP contribution in [0, 0.1) is 5.92 Å². The number of nitrogens with one attached hydrogen (secondary N) is 2. The number of ether oxygens (including phenoxy) is 4. The van der Waals surface area contributed by atoms with Crippen LogP contribution in [-0.4, -0.2) is 64.4 Å². The van der Waals surface area contributed by atoms with Gasteiger partial charge in [0.1, 0.15) is 5.75 Å². The molecule has 178 valence electrons. The molecule has 2 aromatic carbocycles. The summed E-state index contributed by atoms with van der Waals surface area (Å²) in [6, 6.07) is 12.3. The minimum Gasteiger partial charge on any atom is -0.493 e. The highest BCUT2D eigenvalue weighted by atomic mass is 16.5. The fourth-order valence-electron chi connectivity index (χ4n) is 3.71. The van der Waals surface area contributed by atoms with Gasteiger partial charge < -0.3 is 34.5 Å². The van der Waals surface area contributed by atoms with E-state index in [1.165, 1.54) is 21.3 Å². The van der Waals surface area contributed by atoms with Crippen molar-refractivity contribution in [2.24, 2.45) is 5.92 Å². The molecule has 2 aromatic rings. The van der Waals surface area contributed by atoms with Crippen molar-refractivity contribution in [3.63, 3.8) is 0 Å². The first-order chi connectivity index (χ1) is 16.0. The Bertz CT molecular complexity index is 904. The summed E-state index contributed by atoms with van der Waals surface area (Å²) in [5.74, 6) is 2.34. The van der Waals surface area contributed by atoms with E-state index in [1.807, 2.05) is 35.2 Å². The van der Waals surface area contributed by atoms with E-state index in [-0.39, 0.29) is 18.5 Å². The minimum atomic E-state index is -0.320. The van der Waals surface area contributed by atoms with E-state index in [0.717, 1.165) is 12.8 Å². The Morgan fingerprint density at radius 2 is 1.61 bits per heavy atom. The van der Waals surface area contributed by atoms with Crippen LogP contribution in [-0.2, 0) is 4.79 Å². The number of para-hydroxylation sites is 1. The second-order valence-electron chi connectivity index (χ2n) is 7.67. The Balaban J connectivity index is 1.41. The molecule has 1 aliphatic rings. The zero-order chi connectivity index (χ0) is 23.6. The molecule has 1 aliphatic heterocycles. The molecule has 1 heterocycles. The van der Waals surface area contributed by atoms with Gasteiger partial charge in [-0.2, -0.15) is 0 Å². The average molecular weight is 458 g/mol. The van der Waals surface area contributed by atoms with Gasteiger partial charge in [0.25, 0.3) is 5.91 Å². The maximum atomic E-state index is 12.4. The monoisotopic (exact) mass is 457 g/mol. The quantitative estimate of drug-likeness (QED) is 0.600. The third-order valence-corrected chi connectivity index (χ3v) is 5.55. The number of benzene rings is 2. The maximum absolute atomic E-state index is 12.4. The lowest BCUT2D eigenvalue weighted by Crippen LogP contribution is -2.43. The fraction of sp³-hybridized carbons (Fsp3) is 0.417. The molecule has 2 N–H and O–H groups in total. The summed E-state index contributed by atoms with van der Waals surface area (Å²) in [5, 5.41) is 5.70. The molecule has 0 atom stereocenters. The second-order valence-corrected chi connectivity index (χ2v) is 7.67. The lowest BCUT2D eigenvalue weighted by atomic mass is 9.97. The lowest BCUT2D eigenvalue weighted by molar-refractivity contribution is -0.134. The molecule has 0 aliphatic carbocycles. The molecular formula is C24H31N3O6. The van der Waals surface area contributed by atoms with Crippen LogP contribution in [0.2, 0.25) is 0 Å². The number of carbonyl (C=O) groups is 2. The van der Waals surface area contributed by atoms with Crippen LogP contribution >= 0.6 is 0 Å². The van der Waals surface area contributed by atoms with Crippen LogP contribution < -0.4 is 29.6 Å². The number of urea groups is 1. The van der Waals surface area contributed by atoms with Crippen LogP contribution in [0.3, 0.4) is 0 Å². The van der Waals surface area contributed by atoms with Gasteiger partial charge in [0.15, 0.2) is 18.1 Å². The molecule has 0 radical (unpaired) electrons. The molecule has 0 aromatic heterocycles. The van der Waals surface area contributed by atoms with Crippen LogP contribution in [0.4, 0.5) is 10.5 Å². The number of methoxy groups -OCH3 is 3. The van der Waals surface area contributed by atoms with E-state index in [2.05, 4.69) is 10.6 Å². The molecule has 9 nitrogen and oxygen atoms in total. The number of amides is 3. The van der Waals surface area contributed by atoms with E-state index in [1.54, 1.807) is 12.1 Å². The van der Waals surface area contributed by atoms with Crippen LogP contribution in [0.25, 0.3) is 0 Å². The number of piperidine rings is 1. The normalized spacial score (nSPS) is 13.7. The predicted octanol–water partition coefficient (Wildman–Crippen LogP) is 3.15. The summed E-state index contributed by atoms with van der Waals surface area (Å²) < 4.78 is 21.5. The van der Waals surface area contributed by atoms with Crippen LogP contribution in [0.15, 0.2) is 42.5 Å². The fourth-order valence-corrected chi connectivity index (χ4v) is 3.71. The minimum absolute atomic E-state index is 0.0228. The summed E-state index contributed by atoms with van der Waals surface area (Å²) in [6.45, 7) is 1.86. The van der Waals surface area contributed by atoms with E-state index in [0.29, 0.717) is 54.2 Å². The predicted molar refractivity (Wildman–Crippen MR) is 124 cm³/mol. The van der Waals surface area contributed by atoms with Crippen molar-refractivity contribution in [2.45, 2.75) is 12.8 Å². The first-order valence-corrected chi connectivity index (χ1v) is 10.8. The smallest absolute Gasteiger partial charge is 0.319 e. The number of hydrogen-bond donors (Lipinski definition) is 2. The molecule has 1 saturated heterocycles. The standard InChI is InChI=1S/C24H31N3O6/c1-30-20-13-18(14-21(31-2)23(20)32-3)26-24(29)25-15-17-9-11-27(12-10-17)22(28)16-33-19-7-5-4-6-8-19/h4-8,13-14,17H,9-12,15-16H2,1-3H3,(H2,25,26,29). The van der Waals surface area contributed by atoms with Crippen molar-refractivity contribution < 1.29 is 28.5 Å². The van der Waals surface area contributed by atoms with Crippen LogP contribution in [0.1, 0.15) is 12.8 Å². The first kappa shape index (κ1) is 24.0. The Morgan fingerprint density at radius 3 is 2.18 bits per heavy atom. The zero-order valence-electron chi connectivity index (χ0n) is 19.3. The van der Waals surface area contributed by atoms with Crippen molar-refractivity contribution in [3.05, 3.63) is 42.5 Å². The summed E-state index contributed by atoms with van der Waals surface area (Å²) in [5.41, 5.74) is 0.529. The number of likely N-dealkylation sites (tertiary alicyclic amines) is 1. The molecular weight excluding hydrogens is 426 g/mol. The third kappa shape index (κ3) is 6.68. The van der Waals surface area contributed by atoms with Gasteiger partial charge in [-0.25, -0.2) is 4.79 Å². The molecule has 1 fully saturated rings. The van der Waals surface area contributed by atoms with Gasteiger partial charge in [0.2, 0.25) is 5.75 Å². The number of nitrogens with zero attached hydrogens (tertiary/aromatic N) is 1. The zero-order valence-corrected chi connectivity index (χ0v) is 19.3. The Kier molecular flexibility index (Phi) is 8.63. The van der Waals surface area contributed by atoms with Gasteiger partial charge in [0.05, 0.1) is 27.0 Å². The Labute approximate surface area is 193 Å². The van der Waals surface area contributed by atoms with Crippen molar-refractivity contribution in [3.8, 4) is 23.0 Å². The molecule has 0 saturated carbocycles. The molecule has 0 unspecified atom stereocenters. The second kappa shape index (κ2) is 11.8. The third-order valence-electron chi connectivity index (χ3n) is 5.55. The van der Waals surface area contributed by atoms with Gasteiger partial charge in [-0.15, -0.1) is 0 Å². The molecule has 0 spiro atoms. The van der Waals surface area contributed by atoms with Crippen LogP contribution in [0.5, 0.6) is 23.0 Å². The van der Waals surface area contributed by atoms with E-state index < -0.39 is 0 Å². The molecule has 9 heteroatoms. The summed E-state index contributed by atoms with van der Waals surface area (Å²) in [4.78, 5) is 26.6. The van der Waals surface area contributed by atoms with Gasteiger partial charge in [0, 0.05) is 31.8 Å². The Morgan fingerprint density at radius 1 is 0.970 bits per heavy atom. The molecule has 3 rings (SSSR count). The van der Waals surface area contributed by atoms with Crippen molar-refractivity contribution in [1.82, 2.24) is 10.2 Å². The number of hydrogen-bond acceptors (Lipinski definition) is 6. The summed E-state index contributed by atoms with van der Waals surface area (Å²) in [6.07, 6.45) is 1.64. The van der Waals surface area contributed by atoms with E-state index in [4.69, 9.17) is 18.9 Å². The van der Waals surface area contributed by atoms with E-state index in [9.17, 15) is 9.59 Å². The number of anilines is 1. The van der Waals surface area contributed by atoms with Gasteiger partial charge in [-0.1, -0.05) is 18.2 Å². The largest absolute Gasteiger partial charge is 0.493 e. The highest BCUT2D eigenvalue weighted by Gasteiger charge is 2.23. The highest BCUT2D eigenvalue weighted by Crippen LogP contribution is 2.39. The Hall–Kier alpha value is -3.62. The highest BCUT2D eigenvalue weighted by molar-refractivity contribution is 5.90. The average Bonchev–Trinajstić information content (AvgIpc) is 2.86. The summed E-state index contributed by atoms with van der Waals surface area (Å²) >= 11 is 0. The van der Waals surface area contributed by atoms with E-state index >= 15 is 0 Å². The lowest BCUT2D eigenvalue weighted by Gasteiger charge is -2.32. The maximum Gasteiger partial charge on any atom is 0.319 e. The number of carbonyl (C=O) groups excluding carboxylic acids is 2. The molecule has 3 amide bonds. The van der Waals surface area contributed by atoms with Crippen molar-refractivity contribution >= 4 is 17.6 Å². The topological polar surface area (TPSA) is 98.4 Å². The van der Waals surface area contributed by atoms with Gasteiger partial charge in [-0.05, 0) is 30.9 Å². The SMILES string of the molecule is COc1cc(NC(=O)NCC2CCN(C(=O)COc3ccccc3)CC2)cc(OC)c1OC. The number of rotatable bonds is 9.